The summed E-state index contributed by atoms with van der Waals surface area (Å²) in [4.78, 5) is 36.7. The normalized spacial score (nSPS) is 11.9. The van der Waals surface area contributed by atoms with Gasteiger partial charge in [0, 0.05) is 19.2 Å². The van der Waals surface area contributed by atoms with E-state index in [9.17, 15) is 31.9 Å². The second-order valence-corrected chi connectivity index (χ2v) is 7.78. The van der Waals surface area contributed by atoms with Gasteiger partial charge in [-0.1, -0.05) is 23.7 Å². The Morgan fingerprint density at radius 2 is 1.78 bits per heavy atom. The number of halogens is 5. The highest BCUT2D eigenvalue weighted by Gasteiger charge is 2.35. The summed E-state index contributed by atoms with van der Waals surface area (Å²) in [5.41, 5.74) is -5.12. The Morgan fingerprint density at radius 1 is 1.14 bits per heavy atom. The van der Waals surface area contributed by atoms with E-state index >= 15 is 0 Å². The lowest BCUT2D eigenvalue weighted by atomic mass is 10.2. The van der Waals surface area contributed by atoms with Crippen LogP contribution in [0.4, 0.5) is 17.6 Å². The van der Waals surface area contributed by atoms with Crippen LogP contribution in [0.3, 0.4) is 0 Å². The highest BCUT2D eigenvalue weighted by atomic mass is 35.5. The first-order valence-corrected chi connectivity index (χ1v) is 10.6. The number of carbonyl (C=O) groups excluding carboxylic acids is 1. The molecule has 0 amide bonds. The fraction of sp³-hybridized carbons (Fsp3) is 0.217. The third kappa shape index (κ3) is 6.10. The molecule has 3 rings (SSSR count). The number of nitrogens with zero attached hydrogens (tertiary/aromatic N) is 3. The molecular weight excluding hydrogens is 526 g/mol. The molecule has 37 heavy (non-hydrogen) atoms. The smallest absolute Gasteiger partial charge is 0.431 e. The molecule has 0 aliphatic rings. The number of ether oxygens (including phenoxy) is 3. The maximum absolute atomic E-state index is 14.7. The molecule has 0 fully saturated rings. The minimum Gasteiger partial charge on any atom is -0.478 e. The molecule has 1 aromatic heterocycles. The molecule has 0 saturated carbocycles. The van der Waals surface area contributed by atoms with Gasteiger partial charge in [-0.15, -0.1) is 0 Å². The van der Waals surface area contributed by atoms with E-state index in [-0.39, 0.29) is 37.5 Å². The van der Waals surface area contributed by atoms with Crippen LogP contribution in [0.1, 0.15) is 12.6 Å². The lowest BCUT2D eigenvalue weighted by molar-refractivity contribution is -0.148. The Labute approximate surface area is 210 Å². The first kappa shape index (κ1) is 27.3. The molecule has 14 heteroatoms. The molecule has 194 valence electrons. The van der Waals surface area contributed by atoms with Gasteiger partial charge in [0.15, 0.2) is 24.2 Å². The van der Waals surface area contributed by atoms with Crippen molar-refractivity contribution in [1.82, 2.24) is 9.13 Å². The monoisotopic (exact) mass is 541 g/mol. The Hall–Kier alpha value is -4.31. The number of rotatable bonds is 7. The summed E-state index contributed by atoms with van der Waals surface area (Å²) in [5, 5.41) is 8.40. The first-order chi connectivity index (χ1) is 17.3. The predicted octanol–water partition coefficient (Wildman–Crippen LogP) is 3.97. The fourth-order valence-electron chi connectivity index (χ4n) is 3.05. The number of nitriles is 1. The molecule has 0 saturated heterocycles. The van der Waals surface area contributed by atoms with Crippen molar-refractivity contribution in [3.8, 4) is 29.0 Å². The third-order valence-electron chi connectivity index (χ3n) is 4.76. The molecule has 1 atom stereocenters. The van der Waals surface area contributed by atoms with Gasteiger partial charge in [-0.05, 0) is 25.1 Å². The summed E-state index contributed by atoms with van der Waals surface area (Å²) in [6.07, 6.45) is -6.00. The number of hydrogen-bond donors (Lipinski definition) is 0. The van der Waals surface area contributed by atoms with Crippen molar-refractivity contribution in [3.05, 3.63) is 79.8 Å². The van der Waals surface area contributed by atoms with Crippen molar-refractivity contribution >= 4 is 17.6 Å². The van der Waals surface area contributed by atoms with Crippen LogP contribution in [0.25, 0.3) is 5.69 Å². The molecular formula is C23H16ClF4N3O6. The predicted molar refractivity (Wildman–Crippen MR) is 120 cm³/mol. The summed E-state index contributed by atoms with van der Waals surface area (Å²) in [5.74, 6) is -2.34. The zero-order valence-electron chi connectivity index (χ0n) is 19.0. The highest BCUT2D eigenvalue weighted by molar-refractivity contribution is 6.32. The molecule has 1 unspecified atom stereocenters. The molecule has 0 aliphatic carbocycles. The van der Waals surface area contributed by atoms with Crippen molar-refractivity contribution in [2.75, 3.05) is 6.61 Å². The average Bonchev–Trinajstić information content (AvgIpc) is 2.82. The second-order valence-electron chi connectivity index (χ2n) is 7.38. The van der Waals surface area contributed by atoms with E-state index in [0.717, 1.165) is 13.1 Å². The zero-order chi connectivity index (χ0) is 27.5. The lowest BCUT2D eigenvalue weighted by Gasteiger charge is -2.16. The Balaban J connectivity index is 1.99. The van der Waals surface area contributed by atoms with Gasteiger partial charge in [-0.3, -0.25) is 9.36 Å². The second kappa shape index (κ2) is 10.8. The largest absolute Gasteiger partial charge is 0.478 e. The van der Waals surface area contributed by atoms with Gasteiger partial charge in [-0.25, -0.2) is 18.5 Å². The number of benzene rings is 2. The molecule has 9 nitrogen and oxygen atoms in total. The van der Waals surface area contributed by atoms with E-state index < -0.39 is 53.3 Å². The Kier molecular flexibility index (Phi) is 7.93. The van der Waals surface area contributed by atoms with Gasteiger partial charge >= 0.3 is 17.8 Å². The van der Waals surface area contributed by atoms with Crippen LogP contribution >= 0.6 is 11.6 Å². The summed E-state index contributed by atoms with van der Waals surface area (Å²) in [7, 11) is 0.780. The van der Waals surface area contributed by atoms with Crippen molar-refractivity contribution < 1.29 is 36.6 Å². The molecule has 3 aromatic rings. The zero-order valence-corrected chi connectivity index (χ0v) is 19.8. The lowest BCUT2D eigenvalue weighted by Crippen LogP contribution is -2.41. The quantitative estimate of drug-likeness (QED) is 0.328. The van der Waals surface area contributed by atoms with Gasteiger partial charge in [0.25, 0.3) is 5.56 Å². The molecule has 0 radical (unpaired) electrons. The van der Waals surface area contributed by atoms with Crippen LogP contribution in [-0.4, -0.2) is 27.8 Å². The molecule has 0 bridgehead atoms. The number of para-hydroxylation sites is 2. The van der Waals surface area contributed by atoms with E-state index in [0.29, 0.717) is 6.07 Å². The van der Waals surface area contributed by atoms with Crippen molar-refractivity contribution in [2.24, 2.45) is 7.05 Å². The Morgan fingerprint density at radius 3 is 2.41 bits per heavy atom. The van der Waals surface area contributed by atoms with Crippen LogP contribution in [0.15, 0.2) is 52.1 Å². The molecule has 0 aliphatic heterocycles. The van der Waals surface area contributed by atoms with Crippen LogP contribution in [-0.2, 0) is 22.8 Å². The van der Waals surface area contributed by atoms with Crippen molar-refractivity contribution in [3.63, 3.8) is 0 Å². The Bertz CT molecular complexity index is 1510. The van der Waals surface area contributed by atoms with Gasteiger partial charge in [0.2, 0.25) is 0 Å². The highest BCUT2D eigenvalue weighted by Crippen LogP contribution is 2.37. The number of carbonyl (C=O) groups is 1. The van der Waals surface area contributed by atoms with E-state index in [1.165, 1.54) is 31.2 Å². The van der Waals surface area contributed by atoms with Crippen LogP contribution < -0.4 is 20.7 Å². The minimum atomic E-state index is -5.00. The van der Waals surface area contributed by atoms with Gasteiger partial charge in [-0.2, -0.15) is 18.4 Å². The number of aromatic nitrogens is 2. The topological polar surface area (TPSA) is 113 Å². The van der Waals surface area contributed by atoms with Gasteiger partial charge in [0.1, 0.15) is 23.3 Å². The summed E-state index contributed by atoms with van der Waals surface area (Å²) < 4.78 is 70.3. The van der Waals surface area contributed by atoms with Crippen LogP contribution in [0, 0.1) is 17.1 Å². The standard InChI is InChI=1S/C23H16ClF4N3O6/c1-12(10-29)36-21(33)11-35-16-5-3-4-6-17(16)37-18-8-15(14(25)7-13(18)24)31-20(32)9-19(23(26,27)28)30(2)22(31)34/h3-9,12H,11H2,1-2H3. The number of alkyl halides is 3. The number of hydrogen-bond acceptors (Lipinski definition) is 7. The molecule has 1 heterocycles. The summed E-state index contributed by atoms with van der Waals surface area (Å²) >= 11 is 6.06. The van der Waals surface area contributed by atoms with Crippen LogP contribution in [0.2, 0.25) is 5.02 Å². The fourth-order valence-corrected chi connectivity index (χ4v) is 3.24. The maximum Gasteiger partial charge on any atom is 0.431 e. The maximum atomic E-state index is 14.7. The third-order valence-corrected chi connectivity index (χ3v) is 5.05. The van der Waals surface area contributed by atoms with Gasteiger partial charge in [0.05, 0.1) is 10.7 Å². The van der Waals surface area contributed by atoms with Gasteiger partial charge < -0.3 is 14.2 Å². The van der Waals surface area contributed by atoms with Crippen molar-refractivity contribution in [2.45, 2.75) is 19.2 Å². The minimum absolute atomic E-state index is 0.00798. The molecule has 2 aromatic carbocycles. The number of esters is 1. The first-order valence-electron chi connectivity index (χ1n) is 10.2. The van der Waals surface area contributed by atoms with E-state index in [4.69, 9.17) is 31.1 Å². The van der Waals surface area contributed by atoms with Crippen molar-refractivity contribution in [1.29, 1.82) is 5.26 Å². The summed E-state index contributed by atoms with van der Waals surface area (Å²) in [6.45, 7) is 0.768. The van der Waals surface area contributed by atoms with E-state index in [2.05, 4.69) is 0 Å². The average molecular weight is 542 g/mol. The SMILES string of the molecule is CC(C#N)OC(=O)COc1ccccc1Oc1cc(-n2c(=O)cc(C(F)(F)F)n(C)c2=O)c(F)cc1Cl. The molecule has 0 N–H and O–H groups in total. The van der Waals surface area contributed by atoms with Crippen LogP contribution in [0.5, 0.6) is 17.2 Å². The van der Waals surface area contributed by atoms with E-state index in [1.807, 2.05) is 0 Å². The summed E-state index contributed by atoms with van der Waals surface area (Å²) in [6, 6.07) is 9.29. The van der Waals surface area contributed by atoms with E-state index in [1.54, 1.807) is 6.07 Å². The molecule has 0 spiro atoms.